The van der Waals surface area contributed by atoms with Crippen LogP contribution in [0.25, 0.3) is 6.08 Å². The molecule has 0 fully saturated rings. The molecule has 0 amide bonds. The van der Waals surface area contributed by atoms with Gasteiger partial charge < -0.3 is 14.2 Å². The first-order valence-electron chi connectivity index (χ1n) is 13.2. The fourth-order valence-corrected chi connectivity index (χ4v) is 6.84. The molecule has 204 valence electrons. The molecule has 0 aliphatic carbocycles. The molecule has 40 heavy (non-hydrogen) atoms. The monoisotopic (exact) mass is 554 g/mol. The summed E-state index contributed by atoms with van der Waals surface area (Å²) in [5.74, 6) is 1.51. The number of rotatable bonds is 6. The first-order chi connectivity index (χ1) is 19.2. The summed E-state index contributed by atoms with van der Waals surface area (Å²) >= 11 is 1.30. The average molecular weight is 555 g/mol. The van der Waals surface area contributed by atoms with Crippen LogP contribution in [0.3, 0.4) is 0 Å². The van der Waals surface area contributed by atoms with E-state index in [-0.39, 0.29) is 11.3 Å². The lowest BCUT2D eigenvalue weighted by atomic mass is 9.79. The number of ether oxygens (including phenoxy) is 3. The molecule has 6 rings (SSSR count). The number of ketones is 1. The topological polar surface area (TPSA) is 79.1 Å². The van der Waals surface area contributed by atoms with Crippen LogP contribution in [0.4, 0.5) is 0 Å². The van der Waals surface area contributed by atoms with Crippen molar-refractivity contribution in [1.29, 1.82) is 0 Å². The highest BCUT2D eigenvalue weighted by Crippen LogP contribution is 2.47. The molecule has 0 saturated carbocycles. The molecular weight excluding hydrogens is 524 g/mol. The molecule has 2 bridgehead atoms. The maximum atomic E-state index is 13.9. The summed E-state index contributed by atoms with van der Waals surface area (Å²) < 4.78 is 20.2. The molecule has 3 heterocycles. The van der Waals surface area contributed by atoms with Gasteiger partial charge in [-0.15, -0.1) is 0 Å². The number of nitrogens with zero attached hydrogens (tertiary/aromatic N) is 2. The van der Waals surface area contributed by atoms with Crippen molar-refractivity contribution in [3.05, 3.63) is 108 Å². The van der Waals surface area contributed by atoms with Gasteiger partial charge in [0.2, 0.25) is 5.72 Å². The molecule has 0 saturated heterocycles. The number of aromatic nitrogens is 1. The van der Waals surface area contributed by atoms with E-state index in [4.69, 9.17) is 19.2 Å². The Balaban J connectivity index is 1.43. The number of benzene rings is 3. The molecule has 1 aromatic heterocycles. The predicted octanol–water partition coefficient (Wildman–Crippen LogP) is 4.48. The van der Waals surface area contributed by atoms with E-state index in [0.29, 0.717) is 27.4 Å². The van der Waals surface area contributed by atoms with E-state index < -0.39 is 17.7 Å². The van der Waals surface area contributed by atoms with Crippen LogP contribution >= 0.6 is 11.3 Å². The summed E-state index contributed by atoms with van der Waals surface area (Å²) in [5.41, 5.74) is 3.52. The van der Waals surface area contributed by atoms with Crippen molar-refractivity contribution in [2.24, 2.45) is 10.9 Å². The smallest absolute Gasteiger partial charge is 0.270 e. The average Bonchev–Trinajstić information content (AvgIpc) is 3.22. The lowest BCUT2D eigenvalue weighted by molar-refractivity contribution is -0.132. The number of carbonyl (C=O) groups is 1. The van der Waals surface area contributed by atoms with Crippen molar-refractivity contribution >= 4 is 23.2 Å². The minimum absolute atomic E-state index is 0.0660. The zero-order valence-corrected chi connectivity index (χ0v) is 23.9. The Hall–Kier alpha value is -4.17. The third-order valence-corrected chi connectivity index (χ3v) is 8.84. The van der Waals surface area contributed by atoms with E-state index in [9.17, 15) is 9.59 Å². The Morgan fingerprint density at radius 1 is 1.12 bits per heavy atom. The largest absolute Gasteiger partial charge is 0.496 e. The van der Waals surface area contributed by atoms with Crippen molar-refractivity contribution in [3.8, 4) is 17.2 Å². The lowest BCUT2D eigenvalue weighted by Gasteiger charge is -2.45. The molecule has 0 N–H and O–H groups in total. The number of para-hydroxylation sites is 1. The van der Waals surface area contributed by atoms with Gasteiger partial charge in [0.25, 0.3) is 5.56 Å². The number of hydrogen-bond donors (Lipinski definition) is 0. The molecule has 0 spiro atoms. The summed E-state index contributed by atoms with van der Waals surface area (Å²) in [6.07, 6.45) is 1.86. The number of hydrogen-bond acceptors (Lipinski definition) is 7. The van der Waals surface area contributed by atoms with Gasteiger partial charge in [0.15, 0.2) is 4.80 Å². The van der Waals surface area contributed by atoms with Gasteiger partial charge in [-0.1, -0.05) is 47.7 Å². The molecule has 2 aliphatic heterocycles. The number of thiazole rings is 1. The molecule has 2 aliphatic rings. The van der Waals surface area contributed by atoms with Crippen molar-refractivity contribution in [2.45, 2.75) is 46.1 Å². The standard InChI is InChI=1S/C32H30N2O5S/c1-18-9-8-12-24(19(18)2)38-17-22-15-21(13-14-25(22)37-5)16-27-30(36)34-29-23-10-6-7-11-26(23)39-32(4,28(29)20(3)35)33-31(34)40-27/h6-16,28-29H,17H2,1-5H3/b27-16+/t28-,29-,32+/m0/s1. The highest BCUT2D eigenvalue weighted by molar-refractivity contribution is 7.07. The number of aryl methyl sites for hydroxylation is 1. The third-order valence-electron chi connectivity index (χ3n) is 7.86. The van der Waals surface area contributed by atoms with Gasteiger partial charge in [0, 0.05) is 11.1 Å². The Morgan fingerprint density at radius 3 is 2.70 bits per heavy atom. The Labute approximate surface area is 236 Å². The zero-order valence-electron chi connectivity index (χ0n) is 23.1. The molecule has 8 heteroatoms. The quantitative estimate of drug-likeness (QED) is 0.351. The van der Waals surface area contributed by atoms with Crippen molar-refractivity contribution in [1.82, 2.24) is 4.57 Å². The number of carbonyl (C=O) groups excluding carboxylic acids is 1. The van der Waals surface area contributed by atoms with Crippen LogP contribution < -0.4 is 29.1 Å². The first-order valence-corrected chi connectivity index (χ1v) is 14.0. The first kappa shape index (κ1) is 26.1. The van der Waals surface area contributed by atoms with E-state index in [0.717, 1.165) is 33.6 Å². The van der Waals surface area contributed by atoms with Crippen LogP contribution in [-0.2, 0) is 11.4 Å². The van der Waals surface area contributed by atoms with Crippen molar-refractivity contribution in [3.63, 3.8) is 0 Å². The van der Waals surface area contributed by atoms with Gasteiger partial charge in [0.05, 0.1) is 17.7 Å². The van der Waals surface area contributed by atoms with Crippen LogP contribution in [-0.4, -0.2) is 23.2 Å². The minimum atomic E-state index is -1.09. The number of Topliss-reactive ketones (excluding diaryl/α,β-unsaturated/α-hetero) is 1. The molecular formula is C32H30N2O5S. The van der Waals surface area contributed by atoms with Crippen LogP contribution in [0, 0.1) is 19.8 Å². The molecule has 4 aromatic rings. The highest BCUT2D eigenvalue weighted by Gasteiger charge is 2.53. The van der Waals surface area contributed by atoms with Gasteiger partial charge >= 0.3 is 0 Å². The summed E-state index contributed by atoms with van der Waals surface area (Å²) in [7, 11) is 1.63. The second kappa shape index (κ2) is 9.78. The zero-order chi connectivity index (χ0) is 28.2. The van der Waals surface area contributed by atoms with E-state index in [1.807, 2.05) is 74.5 Å². The molecule has 7 nitrogen and oxygen atoms in total. The third kappa shape index (κ3) is 4.23. The van der Waals surface area contributed by atoms with E-state index in [2.05, 4.69) is 13.0 Å². The second-order valence-electron chi connectivity index (χ2n) is 10.5. The van der Waals surface area contributed by atoms with E-state index in [1.165, 1.54) is 18.3 Å². The molecule has 0 unspecified atom stereocenters. The number of fused-ring (bicyclic) bond motifs is 6. The Kier molecular flexibility index (Phi) is 6.38. The molecule has 3 atom stereocenters. The minimum Gasteiger partial charge on any atom is -0.496 e. The maximum absolute atomic E-state index is 13.9. The van der Waals surface area contributed by atoms with Crippen molar-refractivity contribution < 1.29 is 19.0 Å². The highest BCUT2D eigenvalue weighted by atomic mass is 32.1. The maximum Gasteiger partial charge on any atom is 0.270 e. The van der Waals surface area contributed by atoms with Crippen LogP contribution in [0.5, 0.6) is 17.2 Å². The van der Waals surface area contributed by atoms with Gasteiger partial charge in [-0.2, -0.15) is 0 Å². The summed E-state index contributed by atoms with van der Waals surface area (Å²) in [6, 6.07) is 18.8. The Bertz CT molecular complexity index is 1840. The Morgan fingerprint density at radius 2 is 1.93 bits per heavy atom. The van der Waals surface area contributed by atoms with Gasteiger partial charge in [-0.05, 0) is 74.7 Å². The van der Waals surface area contributed by atoms with Crippen molar-refractivity contribution in [2.75, 3.05) is 7.11 Å². The van der Waals surface area contributed by atoms with E-state index in [1.54, 1.807) is 11.7 Å². The van der Waals surface area contributed by atoms with Gasteiger partial charge in [-0.3, -0.25) is 14.2 Å². The van der Waals surface area contributed by atoms with Crippen LogP contribution in [0.15, 0.2) is 70.5 Å². The molecule has 0 radical (unpaired) electrons. The summed E-state index contributed by atoms with van der Waals surface area (Å²) in [4.78, 5) is 32.1. The second-order valence-corrected chi connectivity index (χ2v) is 11.5. The SMILES string of the molecule is COc1ccc(/C=c2/sc3n(c2=O)[C@H]2c4ccccc4O[C@@](C)(N=3)[C@H]2C(C)=O)cc1COc1cccc(C)c1C. The van der Waals surface area contributed by atoms with Gasteiger partial charge in [0.1, 0.15) is 35.6 Å². The number of methoxy groups -OCH3 is 1. The van der Waals surface area contributed by atoms with E-state index >= 15 is 0 Å². The predicted molar refractivity (Wildman–Crippen MR) is 154 cm³/mol. The van der Waals surface area contributed by atoms with Crippen LogP contribution in [0.2, 0.25) is 0 Å². The normalized spacial score (nSPS) is 21.1. The lowest BCUT2D eigenvalue weighted by Crippen LogP contribution is -2.58. The molecule has 3 aromatic carbocycles. The van der Waals surface area contributed by atoms with Crippen LogP contribution in [0.1, 0.15) is 47.7 Å². The van der Waals surface area contributed by atoms with Gasteiger partial charge in [-0.25, -0.2) is 4.99 Å². The fourth-order valence-electron chi connectivity index (χ4n) is 5.74. The summed E-state index contributed by atoms with van der Waals surface area (Å²) in [5, 5.41) is 0. The summed E-state index contributed by atoms with van der Waals surface area (Å²) in [6.45, 7) is 7.78. The fraction of sp³-hybridized carbons (Fsp3) is 0.281.